The molecule has 0 atom stereocenters. The van der Waals surface area contributed by atoms with Crippen LogP contribution in [0.1, 0.15) is 5.56 Å². The zero-order chi connectivity index (χ0) is 17.4. The number of hydrogen-bond acceptors (Lipinski definition) is 4. The van der Waals surface area contributed by atoms with Gasteiger partial charge in [0.2, 0.25) is 5.91 Å². The summed E-state index contributed by atoms with van der Waals surface area (Å²) < 4.78 is 5.33. The maximum atomic E-state index is 12.2. The van der Waals surface area contributed by atoms with E-state index < -0.39 is 0 Å². The van der Waals surface area contributed by atoms with Crippen LogP contribution in [0.15, 0.2) is 48.5 Å². The maximum Gasteiger partial charge on any atom is 0.238 e. The van der Waals surface area contributed by atoms with Gasteiger partial charge in [0.1, 0.15) is 5.75 Å². The minimum atomic E-state index is -0.152. The van der Waals surface area contributed by atoms with Crippen LogP contribution in [0.3, 0.4) is 0 Å². The molecular formula is C18H21ClN2O3. The van der Waals surface area contributed by atoms with Crippen molar-refractivity contribution in [1.29, 1.82) is 0 Å². The predicted molar refractivity (Wildman–Crippen MR) is 95.4 cm³/mol. The zero-order valence-electron chi connectivity index (χ0n) is 13.5. The molecule has 0 aromatic heterocycles. The lowest BCUT2D eigenvalue weighted by molar-refractivity contribution is -0.117. The quantitative estimate of drug-likeness (QED) is 0.770. The first-order valence-electron chi connectivity index (χ1n) is 7.63. The predicted octanol–water partition coefficient (Wildman–Crippen LogP) is 2.78. The van der Waals surface area contributed by atoms with Crippen LogP contribution in [0.25, 0.3) is 0 Å². The van der Waals surface area contributed by atoms with Crippen LogP contribution in [0.5, 0.6) is 5.75 Å². The lowest BCUT2D eigenvalue weighted by Crippen LogP contribution is -2.35. The van der Waals surface area contributed by atoms with Gasteiger partial charge in [-0.1, -0.05) is 29.8 Å². The van der Waals surface area contributed by atoms with E-state index in [0.717, 1.165) is 11.3 Å². The highest BCUT2D eigenvalue weighted by molar-refractivity contribution is 6.30. The summed E-state index contributed by atoms with van der Waals surface area (Å²) in [6, 6.07) is 14.6. The molecule has 0 heterocycles. The van der Waals surface area contributed by atoms with Crippen molar-refractivity contribution in [2.45, 2.75) is 6.54 Å². The smallest absolute Gasteiger partial charge is 0.238 e. The number of carbonyl (C=O) groups is 1. The number of aliphatic hydroxyl groups is 1. The Hall–Kier alpha value is -2.08. The summed E-state index contributed by atoms with van der Waals surface area (Å²) >= 11 is 5.83. The second-order valence-electron chi connectivity index (χ2n) is 5.30. The molecule has 0 saturated heterocycles. The molecule has 6 heteroatoms. The number of amides is 1. The van der Waals surface area contributed by atoms with E-state index in [-0.39, 0.29) is 19.1 Å². The maximum absolute atomic E-state index is 12.2. The molecule has 24 heavy (non-hydrogen) atoms. The second-order valence-corrected chi connectivity index (χ2v) is 5.74. The summed E-state index contributed by atoms with van der Waals surface area (Å²) in [4.78, 5) is 14.1. The van der Waals surface area contributed by atoms with E-state index in [0.29, 0.717) is 23.8 Å². The van der Waals surface area contributed by atoms with Crippen LogP contribution in [-0.4, -0.2) is 42.7 Å². The zero-order valence-corrected chi connectivity index (χ0v) is 14.3. The molecule has 0 saturated carbocycles. The normalized spacial score (nSPS) is 10.7. The number of ether oxygens (including phenoxy) is 1. The van der Waals surface area contributed by atoms with Gasteiger partial charge in [0.15, 0.2) is 0 Å². The average molecular weight is 349 g/mol. The van der Waals surface area contributed by atoms with Gasteiger partial charge in [0.25, 0.3) is 0 Å². The minimum Gasteiger partial charge on any atom is -0.496 e. The van der Waals surface area contributed by atoms with Crippen LogP contribution in [0.2, 0.25) is 5.02 Å². The second kappa shape index (κ2) is 9.27. The van der Waals surface area contributed by atoms with Gasteiger partial charge in [-0.25, -0.2) is 0 Å². The lowest BCUT2D eigenvalue weighted by atomic mass is 10.2. The molecule has 0 spiro atoms. The third-order valence-electron chi connectivity index (χ3n) is 3.50. The monoisotopic (exact) mass is 348 g/mol. The summed E-state index contributed by atoms with van der Waals surface area (Å²) in [5.41, 5.74) is 1.65. The van der Waals surface area contributed by atoms with Gasteiger partial charge in [0.05, 0.1) is 20.3 Å². The first-order chi connectivity index (χ1) is 11.6. The van der Waals surface area contributed by atoms with E-state index in [1.165, 1.54) is 0 Å². The molecule has 2 rings (SSSR count). The van der Waals surface area contributed by atoms with Crippen molar-refractivity contribution >= 4 is 23.2 Å². The largest absolute Gasteiger partial charge is 0.496 e. The topological polar surface area (TPSA) is 61.8 Å². The number of methoxy groups -OCH3 is 1. The van der Waals surface area contributed by atoms with E-state index in [1.807, 2.05) is 29.2 Å². The summed E-state index contributed by atoms with van der Waals surface area (Å²) in [5, 5.41) is 12.7. The van der Waals surface area contributed by atoms with Gasteiger partial charge in [-0.05, 0) is 30.3 Å². The number of halogens is 1. The molecule has 1 amide bonds. The Balaban J connectivity index is 1.99. The highest BCUT2D eigenvalue weighted by atomic mass is 35.5. The van der Waals surface area contributed by atoms with Crippen molar-refractivity contribution in [3.05, 3.63) is 59.1 Å². The molecule has 0 unspecified atom stereocenters. The summed E-state index contributed by atoms with van der Waals surface area (Å²) in [5.74, 6) is 0.610. The molecular weight excluding hydrogens is 328 g/mol. The number of hydrogen-bond donors (Lipinski definition) is 2. The Labute approximate surface area is 146 Å². The van der Waals surface area contributed by atoms with Crippen LogP contribution in [0, 0.1) is 0 Å². The number of nitrogens with one attached hydrogen (secondary N) is 1. The highest BCUT2D eigenvalue weighted by Crippen LogP contribution is 2.19. The van der Waals surface area contributed by atoms with Crippen LogP contribution in [0.4, 0.5) is 5.69 Å². The third kappa shape index (κ3) is 5.53. The Morgan fingerprint density at radius 1 is 1.21 bits per heavy atom. The van der Waals surface area contributed by atoms with Gasteiger partial charge in [-0.2, -0.15) is 0 Å². The molecule has 2 aromatic rings. The number of carbonyl (C=O) groups excluding carboxylic acids is 1. The molecule has 5 nitrogen and oxygen atoms in total. The van der Waals surface area contributed by atoms with Crippen LogP contribution < -0.4 is 10.1 Å². The van der Waals surface area contributed by atoms with E-state index in [2.05, 4.69) is 5.32 Å². The fraction of sp³-hybridized carbons (Fsp3) is 0.278. The van der Waals surface area contributed by atoms with Crippen molar-refractivity contribution in [1.82, 2.24) is 4.90 Å². The Morgan fingerprint density at radius 3 is 2.58 bits per heavy atom. The fourth-order valence-corrected chi connectivity index (χ4v) is 2.49. The summed E-state index contributed by atoms with van der Waals surface area (Å²) in [6.07, 6.45) is 0. The Kier molecular flexibility index (Phi) is 7.06. The van der Waals surface area contributed by atoms with E-state index >= 15 is 0 Å². The van der Waals surface area contributed by atoms with Gasteiger partial charge in [-0.3, -0.25) is 9.69 Å². The highest BCUT2D eigenvalue weighted by Gasteiger charge is 2.13. The van der Waals surface area contributed by atoms with Gasteiger partial charge in [-0.15, -0.1) is 0 Å². The van der Waals surface area contributed by atoms with Crippen molar-refractivity contribution in [2.75, 3.05) is 32.1 Å². The summed E-state index contributed by atoms with van der Waals surface area (Å²) in [7, 11) is 1.61. The number of rotatable bonds is 8. The van der Waals surface area contributed by atoms with E-state index in [1.54, 1.807) is 31.4 Å². The molecule has 0 fully saturated rings. The van der Waals surface area contributed by atoms with Gasteiger partial charge < -0.3 is 15.2 Å². The Bertz CT molecular complexity index is 662. The molecule has 0 aliphatic carbocycles. The van der Waals surface area contributed by atoms with Crippen molar-refractivity contribution in [3.63, 3.8) is 0 Å². The number of nitrogens with zero attached hydrogens (tertiary/aromatic N) is 1. The minimum absolute atomic E-state index is 0.0244. The molecule has 0 bridgehead atoms. The van der Waals surface area contributed by atoms with Gasteiger partial charge >= 0.3 is 0 Å². The third-order valence-corrected chi connectivity index (χ3v) is 3.75. The fourth-order valence-electron chi connectivity index (χ4n) is 2.37. The van der Waals surface area contributed by atoms with Crippen molar-refractivity contribution < 1.29 is 14.6 Å². The van der Waals surface area contributed by atoms with E-state index in [9.17, 15) is 9.90 Å². The number of aliphatic hydroxyl groups excluding tert-OH is 1. The number of anilines is 1. The molecule has 128 valence electrons. The van der Waals surface area contributed by atoms with Crippen LogP contribution >= 0.6 is 11.6 Å². The van der Waals surface area contributed by atoms with Gasteiger partial charge in [0, 0.05) is 29.4 Å². The lowest BCUT2D eigenvalue weighted by Gasteiger charge is -2.22. The van der Waals surface area contributed by atoms with E-state index in [4.69, 9.17) is 16.3 Å². The Morgan fingerprint density at radius 2 is 1.92 bits per heavy atom. The molecule has 0 radical (unpaired) electrons. The molecule has 0 aliphatic rings. The standard InChI is InChI=1S/C18H21ClN2O3/c1-24-17-5-3-2-4-14(17)12-21(10-11-22)13-18(23)20-16-8-6-15(19)7-9-16/h2-9,22H,10-13H2,1H3,(H,20,23). The van der Waals surface area contributed by atoms with Crippen molar-refractivity contribution in [3.8, 4) is 5.75 Å². The number of benzene rings is 2. The molecule has 2 N–H and O–H groups in total. The SMILES string of the molecule is COc1ccccc1CN(CCO)CC(=O)Nc1ccc(Cl)cc1. The molecule has 0 aliphatic heterocycles. The average Bonchev–Trinajstić information content (AvgIpc) is 2.57. The number of para-hydroxylation sites is 1. The first-order valence-corrected chi connectivity index (χ1v) is 8.00. The first kappa shape index (κ1) is 18.3. The van der Waals surface area contributed by atoms with Crippen molar-refractivity contribution in [2.24, 2.45) is 0 Å². The summed E-state index contributed by atoms with van der Waals surface area (Å²) in [6.45, 7) is 1.05. The van der Waals surface area contributed by atoms with Crippen LogP contribution in [-0.2, 0) is 11.3 Å². The molecule has 2 aromatic carbocycles.